The van der Waals surface area contributed by atoms with Gasteiger partial charge < -0.3 is 10.0 Å². The lowest BCUT2D eigenvalue weighted by atomic mass is 9.93. The highest BCUT2D eigenvalue weighted by Crippen LogP contribution is 2.32. The van der Waals surface area contributed by atoms with E-state index in [4.69, 9.17) is 11.6 Å². The first-order valence-electron chi connectivity index (χ1n) is 7.37. The molecule has 3 rings (SSSR count). The lowest BCUT2D eigenvalue weighted by molar-refractivity contribution is -0.130. The molecular formula is C18H18ClNO2. The Morgan fingerprint density at radius 2 is 1.95 bits per heavy atom. The van der Waals surface area contributed by atoms with Gasteiger partial charge in [-0.1, -0.05) is 54.1 Å². The molecule has 1 saturated heterocycles. The summed E-state index contributed by atoms with van der Waals surface area (Å²) in [7, 11) is 0. The molecule has 1 heterocycles. The van der Waals surface area contributed by atoms with E-state index in [2.05, 4.69) is 0 Å². The van der Waals surface area contributed by atoms with Crippen LogP contribution in [-0.4, -0.2) is 29.0 Å². The summed E-state index contributed by atoms with van der Waals surface area (Å²) in [5, 5.41) is 11.4. The first-order valence-corrected chi connectivity index (χ1v) is 7.75. The van der Waals surface area contributed by atoms with Crippen LogP contribution in [0.4, 0.5) is 0 Å². The predicted molar refractivity (Wildman–Crippen MR) is 86.7 cm³/mol. The number of benzene rings is 2. The first kappa shape index (κ1) is 15.1. The van der Waals surface area contributed by atoms with E-state index in [1.165, 1.54) is 0 Å². The van der Waals surface area contributed by atoms with E-state index in [1.807, 2.05) is 42.5 Å². The Morgan fingerprint density at radius 1 is 1.18 bits per heavy atom. The van der Waals surface area contributed by atoms with Crippen molar-refractivity contribution in [2.75, 3.05) is 13.1 Å². The van der Waals surface area contributed by atoms with Gasteiger partial charge in [0.15, 0.2) is 0 Å². The number of likely N-dealkylation sites (tertiary alicyclic amines) is 1. The molecule has 1 aliphatic rings. The molecule has 1 N–H and O–H groups in total. The molecule has 0 aliphatic carbocycles. The van der Waals surface area contributed by atoms with Crippen molar-refractivity contribution in [3.05, 3.63) is 70.7 Å². The van der Waals surface area contributed by atoms with Crippen LogP contribution in [-0.2, 0) is 16.8 Å². The Balaban J connectivity index is 1.68. The molecule has 22 heavy (non-hydrogen) atoms. The van der Waals surface area contributed by atoms with Gasteiger partial charge in [0.25, 0.3) is 0 Å². The van der Waals surface area contributed by atoms with Gasteiger partial charge in [0.1, 0.15) is 5.60 Å². The van der Waals surface area contributed by atoms with E-state index in [0.717, 1.165) is 11.1 Å². The van der Waals surface area contributed by atoms with Crippen molar-refractivity contribution in [1.82, 2.24) is 4.90 Å². The molecule has 0 bridgehead atoms. The Bertz CT molecular complexity index is 674. The lowest BCUT2D eigenvalue weighted by Gasteiger charge is -2.24. The zero-order valence-electron chi connectivity index (χ0n) is 12.2. The number of carbonyl (C=O) groups is 1. The maximum Gasteiger partial charge on any atom is 0.227 e. The van der Waals surface area contributed by atoms with Crippen molar-refractivity contribution in [1.29, 1.82) is 0 Å². The Hall–Kier alpha value is -1.84. The minimum Gasteiger partial charge on any atom is -0.383 e. The van der Waals surface area contributed by atoms with E-state index < -0.39 is 5.60 Å². The summed E-state index contributed by atoms with van der Waals surface area (Å²) in [4.78, 5) is 14.1. The van der Waals surface area contributed by atoms with Crippen molar-refractivity contribution in [2.24, 2.45) is 0 Å². The minimum absolute atomic E-state index is 0.0223. The molecule has 0 saturated carbocycles. The normalized spacial score (nSPS) is 21.1. The van der Waals surface area contributed by atoms with Gasteiger partial charge in [-0.05, 0) is 29.7 Å². The van der Waals surface area contributed by atoms with Gasteiger partial charge in [0.2, 0.25) is 5.91 Å². The molecule has 0 spiro atoms. The Kier molecular flexibility index (Phi) is 4.19. The van der Waals surface area contributed by atoms with Crippen LogP contribution in [0.3, 0.4) is 0 Å². The van der Waals surface area contributed by atoms with Gasteiger partial charge in [-0.15, -0.1) is 0 Å². The summed E-state index contributed by atoms with van der Waals surface area (Å²) < 4.78 is 0. The summed E-state index contributed by atoms with van der Waals surface area (Å²) in [6.07, 6.45) is 0.879. The highest BCUT2D eigenvalue weighted by Gasteiger charge is 2.39. The molecule has 0 aromatic heterocycles. The molecule has 114 valence electrons. The number of rotatable bonds is 3. The van der Waals surface area contributed by atoms with Crippen LogP contribution < -0.4 is 0 Å². The van der Waals surface area contributed by atoms with Gasteiger partial charge in [0, 0.05) is 11.6 Å². The number of β-amino-alcohol motifs (C(OH)–C–C–N with tert-alkyl or cyclic N) is 1. The number of hydrogen-bond donors (Lipinski definition) is 1. The van der Waals surface area contributed by atoms with Crippen molar-refractivity contribution in [2.45, 2.75) is 18.4 Å². The second-order valence-corrected chi connectivity index (χ2v) is 6.21. The van der Waals surface area contributed by atoms with Crippen molar-refractivity contribution < 1.29 is 9.90 Å². The second-order valence-electron chi connectivity index (χ2n) is 5.77. The largest absolute Gasteiger partial charge is 0.383 e. The summed E-state index contributed by atoms with van der Waals surface area (Å²) in [6.45, 7) is 0.918. The quantitative estimate of drug-likeness (QED) is 0.946. The van der Waals surface area contributed by atoms with Crippen molar-refractivity contribution in [3.8, 4) is 0 Å². The van der Waals surface area contributed by atoms with E-state index in [9.17, 15) is 9.90 Å². The summed E-state index contributed by atoms with van der Waals surface area (Å²) in [5.74, 6) is 0.0223. The topological polar surface area (TPSA) is 40.5 Å². The Labute approximate surface area is 135 Å². The number of nitrogens with zero attached hydrogens (tertiary/aromatic N) is 1. The van der Waals surface area contributed by atoms with Crippen LogP contribution in [0.1, 0.15) is 17.5 Å². The molecular weight excluding hydrogens is 298 g/mol. The summed E-state index contributed by atoms with van der Waals surface area (Å²) in [6, 6.07) is 16.9. The van der Waals surface area contributed by atoms with Gasteiger partial charge in [-0.3, -0.25) is 4.79 Å². The van der Waals surface area contributed by atoms with E-state index in [1.54, 1.807) is 17.0 Å². The number of aliphatic hydroxyl groups is 1. The Morgan fingerprint density at radius 3 is 2.68 bits per heavy atom. The molecule has 1 atom stereocenters. The summed E-state index contributed by atoms with van der Waals surface area (Å²) >= 11 is 5.95. The van der Waals surface area contributed by atoms with Crippen LogP contribution >= 0.6 is 11.6 Å². The lowest BCUT2D eigenvalue weighted by Crippen LogP contribution is -2.35. The second kappa shape index (κ2) is 6.11. The molecule has 0 radical (unpaired) electrons. The van der Waals surface area contributed by atoms with Crippen LogP contribution in [0.25, 0.3) is 0 Å². The molecule has 0 unspecified atom stereocenters. The molecule has 3 nitrogen and oxygen atoms in total. The van der Waals surface area contributed by atoms with E-state index in [-0.39, 0.29) is 5.91 Å². The summed E-state index contributed by atoms with van der Waals surface area (Å²) in [5.41, 5.74) is 0.825. The van der Waals surface area contributed by atoms with Crippen LogP contribution in [0.15, 0.2) is 54.6 Å². The van der Waals surface area contributed by atoms with Crippen LogP contribution in [0, 0.1) is 0 Å². The van der Waals surface area contributed by atoms with Crippen molar-refractivity contribution in [3.63, 3.8) is 0 Å². The fourth-order valence-corrected chi connectivity index (χ4v) is 3.14. The van der Waals surface area contributed by atoms with Crippen molar-refractivity contribution >= 4 is 17.5 Å². The van der Waals surface area contributed by atoms with E-state index in [0.29, 0.717) is 31.0 Å². The molecule has 4 heteroatoms. The van der Waals surface area contributed by atoms with Gasteiger partial charge in [-0.25, -0.2) is 0 Å². The monoisotopic (exact) mass is 315 g/mol. The first-order chi connectivity index (χ1) is 10.6. The number of carbonyl (C=O) groups excluding carboxylic acids is 1. The maximum atomic E-state index is 12.4. The third kappa shape index (κ3) is 3.16. The molecule has 1 amide bonds. The number of amides is 1. The van der Waals surface area contributed by atoms with Crippen LogP contribution in [0.5, 0.6) is 0 Å². The SMILES string of the molecule is O=C(Cc1cccc(Cl)c1)N1CC[C@](O)(c2ccccc2)C1. The highest BCUT2D eigenvalue weighted by molar-refractivity contribution is 6.30. The standard InChI is InChI=1S/C18H18ClNO2/c19-16-8-4-5-14(11-16)12-17(21)20-10-9-18(22,13-20)15-6-2-1-3-7-15/h1-8,11,22H,9-10,12-13H2/t18-/m1/s1. The minimum atomic E-state index is -0.939. The molecule has 2 aromatic carbocycles. The van der Waals surface area contributed by atoms with E-state index >= 15 is 0 Å². The smallest absolute Gasteiger partial charge is 0.227 e. The molecule has 1 aliphatic heterocycles. The average molecular weight is 316 g/mol. The predicted octanol–water partition coefficient (Wildman–Crippen LogP) is 3.00. The van der Waals surface area contributed by atoms with Gasteiger partial charge in [0.05, 0.1) is 13.0 Å². The third-order valence-corrected chi connectivity index (χ3v) is 4.39. The highest BCUT2D eigenvalue weighted by atomic mass is 35.5. The number of hydrogen-bond acceptors (Lipinski definition) is 2. The maximum absolute atomic E-state index is 12.4. The fourth-order valence-electron chi connectivity index (χ4n) is 2.92. The zero-order chi connectivity index (χ0) is 15.6. The molecule has 1 fully saturated rings. The van der Waals surface area contributed by atoms with Crippen LogP contribution in [0.2, 0.25) is 5.02 Å². The number of halogens is 1. The van der Waals surface area contributed by atoms with Gasteiger partial charge in [-0.2, -0.15) is 0 Å². The molecule has 2 aromatic rings. The van der Waals surface area contributed by atoms with Gasteiger partial charge >= 0.3 is 0 Å². The third-order valence-electron chi connectivity index (χ3n) is 4.16. The zero-order valence-corrected chi connectivity index (χ0v) is 13.0. The fraction of sp³-hybridized carbons (Fsp3) is 0.278. The average Bonchev–Trinajstić information content (AvgIpc) is 2.92.